The second-order valence-electron chi connectivity index (χ2n) is 7.31. The quantitative estimate of drug-likeness (QED) is 0.678. The van der Waals surface area contributed by atoms with Gasteiger partial charge >= 0.3 is 6.09 Å². The zero-order valence-corrected chi connectivity index (χ0v) is 12.4. The number of rotatable bonds is 0. The first-order chi connectivity index (χ1) is 8.62. The molecule has 3 unspecified atom stereocenters. The molecule has 2 aliphatic heterocycles. The topological polar surface area (TPSA) is 48.0 Å². The third-order valence-corrected chi connectivity index (χ3v) is 4.01. The van der Waals surface area contributed by atoms with Gasteiger partial charge in [-0.3, -0.25) is 4.90 Å². The van der Waals surface area contributed by atoms with Crippen molar-refractivity contribution in [2.24, 2.45) is 5.92 Å². The Kier molecular flexibility index (Phi) is 2.53. The predicted molar refractivity (Wildman–Crippen MR) is 68.2 cm³/mol. The van der Waals surface area contributed by atoms with Gasteiger partial charge in [-0.2, -0.15) is 0 Å². The van der Waals surface area contributed by atoms with Crippen LogP contribution in [0.25, 0.3) is 0 Å². The van der Waals surface area contributed by atoms with Crippen molar-refractivity contribution in [1.29, 1.82) is 0 Å². The van der Waals surface area contributed by atoms with E-state index in [0.717, 1.165) is 19.3 Å². The van der Waals surface area contributed by atoms with Gasteiger partial charge in [-0.1, -0.05) is 0 Å². The fourth-order valence-electron chi connectivity index (χ4n) is 3.57. The summed E-state index contributed by atoms with van der Waals surface area (Å²) >= 11 is 0. The van der Waals surface area contributed by atoms with E-state index < -0.39 is 17.1 Å². The fourth-order valence-corrected chi connectivity index (χ4v) is 3.57. The maximum atomic E-state index is 12.4. The number of nitrogens with zero attached hydrogens (tertiary/aromatic N) is 1. The molecule has 0 aromatic rings. The first-order valence-corrected chi connectivity index (χ1v) is 7.02. The Morgan fingerprint density at radius 1 is 1.37 bits per heavy atom. The van der Waals surface area contributed by atoms with Crippen LogP contribution in [0.1, 0.15) is 53.9 Å². The Balaban J connectivity index is 1.87. The molecule has 3 fully saturated rings. The zero-order valence-electron chi connectivity index (χ0n) is 12.4. The molecule has 3 rings (SSSR count). The lowest BCUT2D eigenvalue weighted by atomic mass is 10.1. The minimum Gasteiger partial charge on any atom is -0.444 e. The molecule has 0 aromatic carbocycles. The number of amides is 1. The number of carbonyl (C=O) groups is 1. The minimum atomic E-state index is -0.627. The van der Waals surface area contributed by atoms with Crippen LogP contribution in [-0.4, -0.2) is 34.3 Å². The van der Waals surface area contributed by atoms with Gasteiger partial charge in [-0.05, 0) is 47.5 Å². The molecule has 5 heteroatoms. The lowest BCUT2D eigenvalue weighted by molar-refractivity contribution is -0.381. The summed E-state index contributed by atoms with van der Waals surface area (Å²) in [5.41, 5.74) is -1.02. The first-order valence-electron chi connectivity index (χ1n) is 7.02. The highest BCUT2D eigenvalue weighted by Gasteiger charge is 2.66. The van der Waals surface area contributed by atoms with Gasteiger partial charge in [0.05, 0.1) is 0 Å². The number of hydrogen-bond acceptors (Lipinski definition) is 4. The van der Waals surface area contributed by atoms with Crippen molar-refractivity contribution < 1.29 is 19.0 Å². The molecule has 5 nitrogen and oxygen atoms in total. The summed E-state index contributed by atoms with van der Waals surface area (Å²) in [6, 6.07) is 0. The van der Waals surface area contributed by atoms with E-state index in [-0.39, 0.29) is 12.3 Å². The maximum absolute atomic E-state index is 12.4. The van der Waals surface area contributed by atoms with Gasteiger partial charge in [0.2, 0.25) is 0 Å². The van der Waals surface area contributed by atoms with E-state index in [9.17, 15) is 4.79 Å². The number of ether oxygens (including phenoxy) is 3. The molecule has 0 N–H and O–H groups in total. The first kappa shape index (κ1) is 13.2. The van der Waals surface area contributed by atoms with E-state index >= 15 is 0 Å². The summed E-state index contributed by atoms with van der Waals surface area (Å²) in [6.45, 7) is 9.44. The summed E-state index contributed by atoms with van der Waals surface area (Å²) in [4.78, 5) is 14.1. The van der Waals surface area contributed by atoms with Gasteiger partial charge in [0.15, 0.2) is 11.5 Å². The van der Waals surface area contributed by atoms with Crippen molar-refractivity contribution in [3.8, 4) is 0 Å². The van der Waals surface area contributed by atoms with Crippen LogP contribution in [0.5, 0.6) is 0 Å². The third kappa shape index (κ3) is 2.03. The molecule has 2 saturated heterocycles. The van der Waals surface area contributed by atoms with Gasteiger partial charge in [-0.15, -0.1) is 0 Å². The Hall–Kier alpha value is -0.810. The van der Waals surface area contributed by atoms with Crippen LogP contribution >= 0.6 is 0 Å². The molecule has 1 aliphatic carbocycles. The van der Waals surface area contributed by atoms with Crippen LogP contribution in [0.3, 0.4) is 0 Å². The van der Waals surface area contributed by atoms with E-state index in [1.54, 1.807) is 4.90 Å². The van der Waals surface area contributed by atoms with Crippen LogP contribution in [0, 0.1) is 5.92 Å². The molecule has 1 amide bonds. The van der Waals surface area contributed by atoms with Crippen LogP contribution in [0.15, 0.2) is 0 Å². The SMILES string of the molecule is CC(C)(C)OC(=O)N1C2OC(C)(C)OC13CCC2C3. The predicted octanol–water partition coefficient (Wildman–Crippen LogP) is 2.84. The molecule has 0 radical (unpaired) electrons. The van der Waals surface area contributed by atoms with E-state index in [4.69, 9.17) is 14.2 Å². The summed E-state index contributed by atoms with van der Waals surface area (Å²) in [5, 5.41) is 0. The van der Waals surface area contributed by atoms with Crippen molar-refractivity contribution in [3.63, 3.8) is 0 Å². The van der Waals surface area contributed by atoms with Gasteiger partial charge in [0, 0.05) is 12.3 Å². The Bertz CT molecular complexity index is 414. The van der Waals surface area contributed by atoms with E-state index in [1.807, 2.05) is 34.6 Å². The molecule has 3 bridgehead atoms. The van der Waals surface area contributed by atoms with Crippen molar-refractivity contribution in [3.05, 3.63) is 0 Å². The molecule has 3 atom stereocenters. The van der Waals surface area contributed by atoms with E-state index in [0.29, 0.717) is 5.92 Å². The average Bonchev–Trinajstić information content (AvgIpc) is 2.64. The van der Waals surface area contributed by atoms with E-state index in [2.05, 4.69) is 0 Å². The van der Waals surface area contributed by atoms with Crippen molar-refractivity contribution in [2.45, 2.75) is 77.2 Å². The van der Waals surface area contributed by atoms with Gasteiger partial charge < -0.3 is 14.2 Å². The average molecular weight is 269 g/mol. The number of fused-ring (bicyclic) bond motifs is 3. The normalized spacial score (nSPS) is 39.5. The Morgan fingerprint density at radius 2 is 2.05 bits per heavy atom. The monoisotopic (exact) mass is 269 g/mol. The van der Waals surface area contributed by atoms with Crippen molar-refractivity contribution in [2.75, 3.05) is 0 Å². The molecule has 19 heavy (non-hydrogen) atoms. The zero-order chi connectivity index (χ0) is 14.1. The van der Waals surface area contributed by atoms with Crippen LogP contribution in [0.4, 0.5) is 4.79 Å². The maximum Gasteiger partial charge on any atom is 0.414 e. The fraction of sp³-hybridized carbons (Fsp3) is 0.929. The molecular weight excluding hydrogens is 246 g/mol. The van der Waals surface area contributed by atoms with Gasteiger partial charge in [0.1, 0.15) is 11.8 Å². The highest BCUT2D eigenvalue weighted by Crippen LogP contribution is 2.57. The smallest absolute Gasteiger partial charge is 0.414 e. The molecule has 1 saturated carbocycles. The molecular formula is C14H23NO4. The Labute approximate surface area is 114 Å². The van der Waals surface area contributed by atoms with Crippen LogP contribution < -0.4 is 0 Å². The standard InChI is InChI=1S/C14H23NO4/c1-12(2,3)18-11(16)15-10-9-6-7-14(15,8-9)19-13(4,5)17-10/h9-10H,6-8H2,1-5H3. The summed E-state index contributed by atoms with van der Waals surface area (Å²) in [7, 11) is 0. The second-order valence-corrected chi connectivity index (χ2v) is 7.31. The Morgan fingerprint density at radius 3 is 2.63 bits per heavy atom. The van der Waals surface area contributed by atoms with Crippen LogP contribution in [0.2, 0.25) is 0 Å². The van der Waals surface area contributed by atoms with Gasteiger partial charge in [0.25, 0.3) is 0 Å². The highest BCUT2D eigenvalue weighted by atomic mass is 16.8. The summed E-state index contributed by atoms with van der Waals surface area (Å²) < 4.78 is 17.5. The number of piperidine rings is 1. The molecule has 108 valence electrons. The lowest BCUT2D eigenvalue weighted by Gasteiger charge is -2.51. The lowest BCUT2D eigenvalue weighted by Crippen LogP contribution is -2.64. The number of hydrogen-bond donors (Lipinski definition) is 0. The molecule has 2 heterocycles. The third-order valence-electron chi connectivity index (χ3n) is 4.01. The second kappa shape index (κ2) is 3.64. The highest BCUT2D eigenvalue weighted by molar-refractivity contribution is 5.70. The van der Waals surface area contributed by atoms with Crippen LogP contribution in [-0.2, 0) is 14.2 Å². The number of carbonyl (C=O) groups excluding carboxylic acids is 1. The molecule has 1 spiro atoms. The summed E-state index contributed by atoms with van der Waals surface area (Å²) in [6.07, 6.45) is 2.27. The van der Waals surface area contributed by atoms with Gasteiger partial charge in [-0.25, -0.2) is 4.79 Å². The largest absolute Gasteiger partial charge is 0.444 e. The van der Waals surface area contributed by atoms with Crippen molar-refractivity contribution >= 4 is 6.09 Å². The molecule has 0 aromatic heterocycles. The van der Waals surface area contributed by atoms with Crippen molar-refractivity contribution in [1.82, 2.24) is 4.90 Å². The minimum absolute atomic E-state index is 0.202. The summed E-state index contributed by atoms with van der Waals surface area (Å²) in [5.74, 6) is -0.257. The molecule has 3 aliphatic rings. The van der Waals surface area contributed by atoms with E-state index in [1.165, 1.54) is 0 Å².